The Morgan fingerprint density at radius 3 is 2.43 bits per heavy atom. The standard InChI is InChI=1S/C29H37N5O3/c1-20(2)22-12-14-24(15-13-22)34-18-26(23-9-6-5-7-10-23)31-28(34)32-27(35)19-33(29(36)30-21(3)4)17-25-11-8-16-37-25/h5-7,9-10,12-15,18,20-21,25H,8,11,16-17,19H2,1-4H3,(H,30,36)(H,31,32,35)/t25-/m0/s1. The number of amides is 3. The monoisotopic (exact) mass is 503 g/mol. The maximum Gasteiger partial charge on any atom is 0.318 e. The van der Waals surface area contributed by atoms with E-state index in [9.17, 15) is 9.59 Å². The number of imidazole rings is 1. The zero-order valence-corrected chi connectivity index (χ0v) is 22.1. The Morgan fingerprint density at radius 2 is 1.81 bits per heavy atom. The molecular weight excluding hydrogens is 466 g/mol. The lowest BCUT2D eigenvalue weighted by molar-refractivity contribution is -0.117. The Balaban J connectivity index is 1.58. The van der Waals surface area contributed by atoms with Crippen LogP contribution in [0.2, 0.25) is 0 Å². The Morgan fingerprint density at radius 1 is 1.08 bits per heavy atom. The van der Waals surface area contributed by atoms with Crippen LogP contribution in [0.5, 0.6) is 0 Å². The first-order valence-electron chi connectivity index (χ1n) is 13.0. The molecule has 1 saturated heterocycles. The number of nitrogens with zero attached hydrogens (tertiary/aromatic N) is 3. The first kappa shape index (κ1) is 26.4. The van der Waals surface area contributed by atoms with Gasteiger partial charge in [0.1, 0.15) is 6.54 Å². The van der Waals surface area contributed by atoms with Gasteiger partial charge >= 0.3 is 6.03 Å². The molecule has 3 aromatic rings. The van der Waals surface area contributed by atoms with Crippen LogP contribution in [0.15, 0.2) is 60.8 Å². The normalized spacial score (nSPS) is 15.2. The topological polar surface area (TPSA) is 88.5 Å². The predicted octanol–water partition coefficient (Wildman–Crippen LogP) is 5.20. The van der Waals surface area contributed by atoms with Crippen molar-refractivity contribution in [2.75, 3.05) is 25.0 Å². The highest BCUT2D eigenvalue weighted by Crippen LogP contribution is 2.25. The summed E-state index contributed by atoms with van der Waals surface area (Å²) >= 11 is 0. The first-order valence-corrected chi connectivity index (χ1v) is 13.0. The summed E-state index contributed by atoms with van der Waals surface area (Å²) in [5.41, 5.74) is 3.83. The van der Waals surface area contributed by atoms with Crippen LogP contribution in [0.4, 0.5) is 10.7 Å². The molecule has 196 valence electrons. The van der Waals surface area contributed by atoms with Gasteiger partial charge in [0.2, 0.25) is 11.9 Å². The lowest BCUT2D eigenvalue weighted by atomic mass is 10.0. The predicted molar refractivity (Wildman–Crippen MR) is 146 cm³/mol. The molecule has 0 saturated carbocycles. The third kappa shape index (κ3) is 6.98. The van der Waals surface area contributed by atoms with Crippen LogP contribution in [0.1, 0.15) is 52.0 Å². The van der Waals surface area contributed by atoms with Crippen LogP contribution in [-0.4, -0.2) is 58.2 Å². The zero-order chi connectivity index (χ0) is 26.4. The number of nitrogens with one attached hydrogen (secondary N) is 2. The van der Waals surface area contributed by atoms with Crippen LogP contribution in [0, 0.1) is 0 Å². The summed E-state index contributed by atoms with van der Waals surface area (Å²) < 4.78 is 7.60. The molecule has 0 bridgehead atoms. The van der Waals surface area contributed by atoms with Crippen LogP contribution < -0.4 is 10.6 Å². The lowest BCUT2D eigenvalue weighted by Crippen LogP contribution is -2.49. The molecule has 0 spiro atoms. The van der Waals surface area contributed by atoms with Crippen LogP contribution in [-0.2, 0) is 9.53 Å². The molecular formula is C29H37N5O3. The van der Waals surface area contributed by atoms with Gasteiger partial charge in [-0.1, -0.05) is 56.3 Å². The molecule has 37 heavy (non-hydrogen) atoms. The Labute approximate surface area is 219 Å². The minimum atomic E-state index is -0.317. The fourth-order valence-corrected chi connectivity index (χ4v) is 4.36. The van der Waals surface area contributed by atoms with E-state index in [2.05, 4.69) is 36.6 Å². The number of hydrogen-bond donors (Lipinski definition) is 2. The second-order valence-corrected chi connectivity index (χ2v) is 10.1. The summed E-state index contributed by atoms with van der Waals surface area (Å²) in [5, 5.41) is 5.84. The summed E-state index contributed by atoms with van der Waals surface area (Å²) in [6.07, 6.45) is 3.71. The van der Waals surface area contributed by atoms with Gasteiger partial charge in [-0.25, -0.2) is 9.78 Å². The summed E-state index contributed by atoms with van der Waals surface area (Å²) in [6, 6.07) is 17.8. The minimum absolute atomic E-state index is 0.0382. The van der Waals surface area contributed by atoms with Gasteiger partial charge < -0.3 is 15.0 Å². The second-order valence-electron chi connectivity index (χ2n) is 10.1. The van der Waals surface area contributed by atoms with E-state index in [0.29, 0.717) is 25.0 Å². The molecule has 1 fully saturated rings. The SMILES string of the molecule is CC(C)NC(=O)N(CC(=O)Nc1nc(-c2ccccc2)cn1-c1ccc(C(C)C)cc1)C[C@@H]1CCCO1. The smallest absolute Gasteiger partial charge is 0.318 e. The number of ether oxygens (including phenoxy) is 1. The van der Waals surface area contributed by atoms with Gasteiger partial charge in [0.05, 0.1) is 11.8 Å². The van der Waals surface area contributed by atoms with Crippen molar-refractivity contribution in [3.8, 4) is 16.9 Å². The largest absolute Gasteiger partial charge is 0.376 e. The zero-order valence-electron chi connectivity index (χ0n) is 22.1. The highest BCUT2D eigenvalue weighted by Gasteiger charge is 2.25. The summed E-state index contributed by atoms with van der Waals surface area (Å²) in [5.74, 6) is 0.507. The third-order valence-corrected chi connectivity index (χ3v) is 6.35. The molecule has 3 amide bonds. The van der Waals surface area contributed by atoms with Crippen LogP contribution in [0.3, 0.4) is 0 Å². The first-order chi connectivity index (χ1) is 17.8. The average molecular weight is 504 g/mol. The molecule has 1 aliphatic rings. The van der Waals surface area contributed by atoms with E-state index in [1.54, 1.807) is 0 Å². The summed E-state index contributed by atoms with van der Waals surface area (Å²) in [7, 11) is 0. The molecule has 2 aromatic carbocycles. The molecule has 0 unspecified atom stereocenters. The highest BCUT2D eigenvalue weighted by molar-refractivity contribution is 5.93. The van der Waals surface area contributed by atoms with Crippen molar-refractivity contribution in [1.29, 1.82) is 0 Å². The molecule has 2 N–H and O–H groups in total. The molecule has 2 heterocycles. The van der Waals surface area contributed by atoms with Crippen molar-refractivity contribution in [2.24, 2.45) is 0 Å². The van der Waals surface area contributed by atoms with Crippen molar-refractivity contribution >= 4 is 17.9 Å². The number of anilines is 1. The van der Waals surface area contributed by atoms with Gasteiger partial charge in [-0.05, 0) is 50.3 Å². The van der Waals surface area contributed by atoms with Crippen molar-refractivity contribution in [3.63, 3.8) is 0 Å². The fraction of sp³-hybridized carbons (Fsp3) is 0.414. The van der Waals surface area contributed by atoms with Crippen LogP contribution in [0.25, 0.3) is 16.9 Å². The number of hydrogen-bond acceptors (Lipinski definition) is 4. The summed E-state index contributed by atoms with van der Waals surface area (Å²) in [6.45, 7) is 9.06. The summed E-state index contributed by atoms with van der Waals surface area (Å²) in [4.78, 5) is 32.4. The second kappa shape index (κ2) is 12.1. The maximum atomic E-state index is 13.2. The van der Waals surface area contributed by atoms with E-state index in [4.69, 9.17) is 9.72 Å². The molecule has 8 nitrogen and oxygen atoms in total. The van der Waals surface area contributed by atoms with E-state index in [1.807, 2.05) is 67.1 Å². The van der Waals surface area contributed by atoms with Gasteiger partial charge in [-0.3, -0.25) is 14.7 Å². The fourth-order valence-electron chi connectivity index (χ4n) is 4.36. The van der Waals surface area contributed by atoms with Crippen LogP contribution >= 0.6 is 0 Å². The molecule has 1 aromatic heterocycles. The molecule has 8 heteroatoms. The van der Waals surface area contributed by atoms with Gasteiger partial charge in [0, 0.05) is 36.6 Å². The number of aromatic nitrogens is 2. The average Bonchev–Trinajstić information content (AvgIpc) is 3.54. The third-order valence-electron chi connectivity index (χ3n) is 6.35. The maximum absolute atomic E-state index is 13.2. The van der Waals surface area contributed by atoms with E-state index in [0.717, 1.165) is 29.8 Å². The Kier molecular flexibility index (Phi) is 8.61. The minimum Gasteiger partial charge on any atom is -0.376 e. The van der Waals surface area contributed by atoms with Crippen molar-refractivity contribution in [3.05, 3.63) is 66.4 Å². The van der Waals surface area contributed by atoms with Gasteiger partial charge in [0.15, 0.2) is 0 Å². The van der Waals surface area contributed by atoms with Crippen molar-refractivity contribution in [2.45, 2.75) is 58.6 Å². The van der Waals surface area contributed by atoms with Crippen molar-refractivity contribution in [1.82, 2.24) is 19.8 Å². The van der Waals surface area contributed by atoms with E-state index in [-0.39, 0.29) is 30.6 Å². The van der Waals surface area contributed by atoms with Crippen molar-refractivity contribution < 1.29 is 14.3 Å². The quantitative estimate of drug-likeness (QED) is 0.420. The molecule has 4 rings (SSSR count). The van der Waals surface area contributed by atoms with E-state index >= 15 is 0 Å². The van der Waals surface area contributed by atoms with Gasteiger partial charge in [-0.15, -0.1) is 0 Å². The highest BCUT2D eigenvalue weighted by atomic mass is 16.5. The number of carbonyl (C=O) groups is 2. The van der Waals surface area contributed by atoms with Gasteiger partial charge in [0.25, 0.3) is 0 Å². The van der Waals surface area contributed by atoms with E-state index in [1.165, 1.54) is 10.5 Å². The Bertz CT molecular complexity index is 1180. The lowest BCUT2D eigenvalue weighted by Gasteiger charge is -2.26. The molecule has 1 atom stereocenters. The van der Waals surface area contributed by atoms with E-state index < -0.39 is 0 Å². The number of rotatable bonds is 9. The number of carbonyl (C=O) groups excluding carboxylic acids is 2. The number of urea groups is 1. The molecule has 0 radical (unpaired) electrons. The molecule has 0 aliphatic carbocycles. The number of benzene rings is 2. The Hall–Kier alpha value is -3.65. The molecule has 1 aliphatic heterocycles. The van der Waals surface area contributed by atoms with Gasteiger partial charge in [-0.2, -0.15) is 0 Å².